The van der Waals surface area contributed by atoms with Gasteiger partial charge in [0.05, 0.1) is 9.80 Å². The van der Waals surface area contributed by atoms with Crippen molar-refractivity contribution in [1.29, 1.82) is 0 Å². The topological polar surface area (TPSA) is 60.2 Å². The maximum absolute atomic E-state index is 12.1. The molecular formula is C11H13NO2S2. The number of thioether (sulfide) groups is 1. The lowest BCUT2D eigenvalue weighted by Gasteiger charge is -2.04. The summed E-state index contributed by atoms with van der Waals surface area (Å²) in [6.45, 7) is 0.363. The molecule has 3 nitrogen and oxygen atoms in total. The van der Waals surface area contributed by atoms with E-state index in [0.717, 1.165) is 11.1 Å². The van der Waals surface area contributed by atoms with Gasteiger partial charge in [0.25, 0.3) is 0 Å². The van der Waals surface area contributed by atoms with E-state index in [1.807, 2.05) is 12.3 Å². The molecule has 1 aromatic rings. The molecule has 2 rings (SSSR count). The molecule has 0 saturated carbocycles. The number of rotatable bonds is 3. The van der Waals surface area contributed by atoms with E-state index < -0.39 is 9.84 Å². The first-order valence-electron chi connectivity index (χ1n) is 4.88. The van der Waals surface area contributed by atoms with Gasteiger partial charge in [-0.3, -0.25) is 0 Å². The predicted molar refractivity (Wildman–Crippen MR) is 67.9 cm³/mol. The number of benzene rings is 1. The molecule has 0 saturated heterocycles. The van der Waals surface area contributed by atoms with Gasteiger partial charge in [-0.05, 0) is 29.5 Å². The van der Waals surface area contributed by atoms with Crippen molar-refractivity contribution in [2.45, 2.75) is 11.4 Å². The lowest BCUT2D eigenvalue weighted by Crippen LogP contribution is -2.04. The molecule has 86 valence electrons. The minimum absolute atomic E-state index is 0.363. The molecule has 0 aliphatic carbocycles. The molecular weight excluding hydrogens is 242 g/mol. The fourth-order valence-corrected chi connectivity index (χ4v) is 4.44. The van der Waals surface area contributed by atoms with Gasteiger partial charge in [-0.15, -0.1) is 0 Å². The van der Waals surface area contributed by atoms with Crippen LogP contribution in [0.25, 0.3) is 6.08 Å². The second-order valence-corrected chi connectivity index (χ2v) is 6.42. The molecule has 0 atom stereocenters. The maximum Gasteiger partial charge on any atom is 0.204 e. The quantitative estimate of drug-likeness (QED) is 0.892. The van der Waals surface area contributed by atoms with E-state index in [-0.39, 0.29) is 0 Å². The smallest absolute Gasteiger partial charge is 0.204 e. The number of sulfone groups is 1. The Morgan fingerprint density at radius 1 is 1.38 bits per heavy atom. The van der Waals surface area contributed by atoms with Gasteiger partial charge in [0, 0.05) is 12.3 Å². The predicted octanol–water partition coefficient (Wildman–Crippen LogP) is 1.64. The highest BCUT2D eigenvalue weighted by molar-refractivity contribution is 8.01. The Labute approximate surface area is 99.6 Å². The number of nitrogens with two attached hydrogens (primary N) is 1. The monoisotopic (exact) mass is 255 g/mol. The molecule has 5 heteroatoms. The largest absolute Gasteiger partial charge is 0.326 e. The van der Waals surface area contributed by atoms with Gasteiger partial charge < -0.3 is 5.73 Å². The zero-order valence-corrected chi connectivity index (χ0v) is 10.6. The average molecular weight is 255 g/mol. The second kappa shape index (κ2) is 4.24. The summed E-state index contributed by atoms with van der Waals surface area (Å²) in [4.78, 5) is 0.885. The SMILES string of the molecule is CSCC1=Cc2c(CN)cccc2S1(=O)=O. The van der Waals surface area contributed by atoms with Crippen molar-refractivity contribution in [1.82, 2.24) is 0 Å². The maximum atomic E-state index is 12.1. The summed E-state index contributed by atoms with van der Waals surface area (Å²) in [5.41, 5.74) is 7.26. The molecule has 0 spiro atoms. The normalized spacial score (nSPS) is 17.0. The van der Waals surface area contributed by atoms with Crippen LogP contribution < -0.4 is 5.73 Å². The first kappa shape index (κ1) is 11.7. The zero-order valence-electron chi connectivity index (χ0n) is 8.93. The Morgan fingerprint density at radius 2 is 2.12 bits per heavy atom. The Balaban J connectivity index is 2.62. The summed E-state index contributed by atoms with van der Waals surface area (Å²) >= 11 is 1.51. The minimum Gasteiger partial charge on any atom is -0.326 e. The Bertz CT molecular complexity index is 547. The van der Waals surface area contributed by atoms with Crippen LogP contribution in [0.2, 0.25) is 0 Å². The molecule has 0 radical (unpaired) electrons. The van der Waals surface area contributed by atoms with Gasteiger partial charge in [-0.25, -0.2) is 8.42 Å². The van der Waals surface area contributed by atoms with Crippen LogP contribution in [0.3, 0.4) is 0 Å². The van der Waals surface area contributed by atoms with Crippen molar-refractivity contribution >= 4 is 27.7 Å². The van der Waals surface area contributed by atoms with Gasteiger partial charge in [0.1, 0.15) is 0 Å². The van der Waals surface area contributed by atoms with Crippen LogP contribution in [-0.2, 0) is 16.4 Å². The van der Waals surface area contributed by atoms with Crippen LogP contribution in [0, 0.1) is 0 Å². The molecule has 1 aliphatic rings. The Morgan fingerprint density at radius 3 is 2.75 bits per heavy atom. The van der Waals surface area contributed by atoms with E-state index in [2.05, 4.69) is 0 Å². The molecule has 2 N–H and O–H groups in total. The Kier molecular flexibility index (Phi) is 3.10. The van der Waals surface area contributed by atoms with Crippen molar-refractivity contribution in [2.24, 2.45) is 5.73 Å². The first-order chi connectivity index (χ1) is 7.61. The molecule has 16 heavy (non-hydrogen) atoms. The summed E-state index contributed by atoms with van der Waals surface area (Å²) in [6, 6.07) is 5.26. The van der Waals surface area contributed by atoms with Crippen LogP contribution in [-0.4, -0.2) is 20.4 Å². The van der Waals surface area contributed by atoms with E-state index in [9.17, 15) is 8.42 Å². The molecule has 0 aromatic heterocycles. The van der Waals surface area contributed by atoms with Crippen LogP contribution >= 0.6 is 11.8 Å². The highest BCUT2D eigenvalue weighted by atomic mass is 32.2. The third kappa shape index (κ3) is 1.69. The van der Waals surface area contributed by atoms with E-state index in [4.69, 9.17) is 5.73 Å². The van der Waals surface area contributed by atoms with Crippen molar-refractivity contribution in [3.05, 3.63) is 34.2 Å². The highest BCUT2D eigenvalue weighted by Gasteiger charge is 2.29. The molecule has 0 amide bonds. The third-order valence-corrected chi connectivity index (χ3v) is 5.27. The molecule has 0 fully saturated rings. The first-order valence-corrected chi connectivity index (χ1v) is 7.75. The molecule has 0 unspecified atom stereocenters. The summed E-state index contributed by atoms with van der Waals surface area (Å²) in [5.74, 6) is 0.515. The summed E-state index contributed by atoms with van der Waals surface area (Å²) in [5, 5.41) is 0. The van der Waals surface area contributed by atoms with E-state index in [1.54, 1.807) is 18.2 Å². The highest BCUT2D eigenvalue weighted by Crippen LogP contribution is 2.35. The fourth-order valence-electron chi connectivity index (χ4n) is 1.81. The number of fused-ring (bicyclic) bond motifs is 1. The van der Waals surface area contributed by atoms with Crippen molar-refractivity contribution in [3.8, 4) is 0 Å². The summed E-state index contributed by atoms with van der Waals surface area (Å²) in [6.07, 6.45) is 3.65. The van der Waals surface area contributed by atoms with Crippen molar-refractivity contribution in [3.63, 3.8) is 0 Å². The number of hydrogen-bond acceptors (Lipinski definition) is 4. The molecule has 1 aromatic carbocycles. The summed E-state index contributed by atoms with van der Waals surface area (Å²) in [7, 11) is -3.26. The standard InChI is InChI=1S/C11H13NO2S2/c1-15-7-9-5-10-8(6-12)3-2-4-11(10)16(9,13)14/h2-5H,6-7,12H2,1H3. The zero-order chi connectivity index (χ0) is 11.8. The van der Waals surface area contributed by atoms with Crippen molar-refractivity contribution < 1.29 is 8.42 Å². The molecule has 1 aliphatic heterocycles. The lowest BCUT2D eigenvalue weighted by molar-refractivity contribution is 0.603. The van der Waals surface area contributed by atoms with Gasteiger partial charge in [0.2, 0.25) is 9.84 Å². The van der Waals surface area contributed by atoms with Gasteiger partial charge >= 0.3 is 0 Å². The van der Waals surface area contributed by atoms with Crippen LogP contribution in [0.15, 0.2) is 28.0 Å². The van der Waals surface area contributed by atoms with E-state index in [1.165, 1.54) is 11.8 Å². The van der Waals surface area contributed by atoms with Gasteiger partial charge in [-0.1, -0.05) is 12.1 Å². The van der Waals surface area contributed by atoms with E-state index in [0.29, 0.717) is 22.1 Å². The second-order valence-electron chi connectivity index (χ2n) is 3.58. The van der Waals surface area contributed by atoms with E-state index >= 15 is 0 Å². The average Bonchev–Trinajstić information content (AvgIpc) is 2.52. The van der Waals surface area contributed by atoms with Gasteiger partial charge in [-0.2, -0.15) is 11.8 Å². The minimum atomic E-state index is -3.26. The number of hydrogen-bond donors (Lipinski definition) is 1. The van der Waals surface area contributed by atoms with Crippen LogP contribution in [0.4, 0.5) is 0 Å². The van der Waals surface area contributed by atoms with Crippen LogP contribution in [0.1, 0.15) is 11.1 Å². The molecule has 1 heterocycles. The summed E-state index contributed by atoms with van der Waals surface area (Å²) < 4.78 is 24.2. The third-order valence-electron chi connectivity index (χ3n) is 2.60. The van der Waals surface area contributed by atoms with Crippen LogP contribution in [0.5, 0.6) is 0 Å². The van der Waals surface area contributed by atoms with Crippen molar-refractivity contribution in [2.75, 3.05) is 12.0 Å². The molecule has 0 bridgehead atoms. The lowest BCUT2D eigenvalue weighted by atomic mass is 10.1. The fraction of sp³-hybridized carbons (Fsp3) is 0.273. The van der Waals surface area contributed by atoms with Gasteiger partial charge in [0.15, 0.2) is 0 Å². The Hall–Kier alpha value is -0.780.